The Labute approximate surface area is 229 Å². The summed E-state index contributed by atoms with van der Waals surface area (Å²) in [5, 5.41) is 14.1. The van der Waals surface area contributed by atoms with Crippen molar-refractivity contribution in [1.82, 2.24) is 20.1 Å². The van der Waals surface area contributed by atoms with Crippen molar-refractivity contribution in [1.29, 1.82) is 0 Å². The van der Waals surface area contributed by atoms with E-state index in [1.54, 1.807) is 0 Å². The van der Waals surface area contributed by atoms with Crippen molar-refractivity contribution in [3.63, 3.8) is 0 Å². The second-order valence-corrected chi connectivity index (χ2v) is 13.1. The van der Waals surface area contributed by atoms with Gasteiger partial charge in [-0.3, -0.25) is 14.5 Å². The summed E-state index contributed by atoms with van der Waals surface area (Å²) < 4.78 is 86.5. The first-order chi connectivity index (χ1) is 15.9. The van der Waals surface area contributed by atoms with Crippen LogP contribution in [0.3, 0.4) is 0 Å². The summed E-state index contributed by atoms with van der Waals surface area (Å²) >= 11 is 0. The Balaban J connectivity index is -0.0000000657. The van der Waals surface area contributed by atoms with Crippen molar-refractivity contribution in [2.24, 2.45) is 21.0 Å². The summed E-state index contributed by atoms with van der Waals surface area (Å²) in [7, 11) is -12.6. The Morgan fingerprint density at radius 3 is 1.62 bits per heavy atom. The second-order valence-electron chi connectivity index (χ2n) is 5.79. The molecule has 0 aromatic heterocycles. The highest BCUT2D eigenvalue weighted by Gasteiger charge is 2.12. The Hall–Kier alpha value is -2.16. The van der Waals surface area contributed by atoms with E-state index in [9.17, 15) is 38.5 Å². The molecule has 2 heterocycles. The predicted octanol–water partition coefficient (Wildman–Crippen LogP) is -7.29. The van der Waals surface area contributed by atoms with Crippen molar-refractivity contribution >= 4 is 59.0 Å². The number of rotatable bonds is 6. The molecule has 2 aliphatic rings. The number of amides is 1. The third-order valence-electron chi connectivity index (χ3n) is 2.79. The van der Waals surface area contributed by atoms with Crippen LogP contribution in [-0.4, -0.2) is 119 Å². The molecule has 240 valence electrons. The van der Waals surface area contributed by atoms with Gasteiger partial charge in [0, 0.05) is 19.6 Å². The monoisotopic (exact) mass is 658 g/mol. The Kier molecular flexibility index (Phi) is 39.3. The molecule has 14 N–H and O–H groups in total. The highest BCUT2D eigenvalue weighted by molar-refractivity contribution is 7.90. The van der Waals surface area contributed by atoms with Crippen LogP contribution in [0.25, 0.3) is 0 Å². The minimum Gasteiger partial charge on any atom is -0.412 e. The van der Waals surface area contributed by atoms with E-state index < -0.39 is 40.1 Å². The van der Waals surface area contributed by atoms with Gasteiger partial charge in [0.2, 0.25) is 46.5 Å². The van der Waals surface area contributed by atoms with Crippen LogP contribution in [0.4, 0.5) is 0 Å². The lowest BCUT2D eigenvalue weighted by molar-refractivity contribution is -0.191. The highest BCUT2D eigenvalue weighted by atomic mass is 32.2. The first-order valence-corrected chi connectivity index (χ1v) is 15.7. The molecule has 0 radical (unpaired) electrons. The SMILES string of the molecule is C.C.NCCS(N)(=O)=O.NS(=O)(=O)CCNC=O.O.O.O=C=O.O=S1(=O)CCN=CN1.O=S1(=O)CCNCN1. The van der Waals surface area contributed by atoms with E-state index in [2.05, 4.69) is 35.3 Å². The zero-order valence-corrected chi connectivity index (χ0v) is 22.6. The molecule has 1 saturated heterocycles. The lowest BCUT2D eigenvalue weighted by atomic mass is 10.7. The lowest BCUT2D eigenvalue weighted by Crippen LogP contribution is -2.44. The van der Waals surface area contributed by atoms with Crippen LogP contribution >= 0.6 is 0 Å². The maximum Gasteiger partial charge on any atom is 0.373 e. The topological polar surface area (TPSA) is 389 Å². The predicted molar refractivity (Wildman–Crippen MR) is 145 cm³/mol. The molecular weight excluding hydrogens is 616 g/mol. The summed E-state index contributed by atoms with van der Waals surface area (Å²) in [6, 6.07) is 0. The fourth-order valence-electron chi connectivity index (χ4n) is 1.37. The molecule has 25 heteroatoms. The Morgan fingerprint density at radius 2 is 1.44 bits per heavy atom. The number of carbonyl (C=O) groups is 1. The molecule has 1 fully saturated rings. The van der Waals surface area contributed by atoms with Crippen LogP contribution in [0.1, 0.15) is 14.9 Å². The van der Waals surface area contributed by atoms with Crippen molar-refractivity contribution in [3.8, 4) is 0 Å². The van der Waals surface area contributed by atoms with Crippen LogP contribution in [0.5, 0.6) is 0 Å². The first kappa shape index (κ1) is 53.1. The average molecular weight is 659 g/mol. The van der Waals surface area contributed by atoms with Crippen molar-refractivity contribution in [2.45, 2.75) is 14.9 Å². The van der Waals surface area contributed by atoms with Gasteiger partial charge in [0.25, 0.3) is 0 Å². The number of nitrogens with zero attached hydrogens (tertiary/aromatic N) is 1. The molecule has 0 unspecified atom stereocenters. The van der Waals surface area contributed by atoms with Crippen LogP contribution in [0.2, 0.25) is 0 Å². The average Bonchev–Trinajstić information content (AvgIpc) is 2.68. The minimum atomic E-state index is -3.42. The number of nitrogens with two attached hydrogens (primary N) is 3. The molecule has 1 amide bonds. The van der Waals surface area contributed by atoms with Crippen molar-refractivity contribution in [3.05, 3.63) is 0 Å². The van der Waals surface area contributed by atoms with E-state index >= 15 is 0 Å². The fraction of sp³-hybridized carbons (Fsp3) is 0.786. The van der Waals surface area contributed by atoms with Gasteiger partial charge in [-0.15, -0.1) is 0 Å². The third-order valence-corrected chi connectivity index (χ3v) is 6.88. The zero-order valence-electron chi connectivity index (χ0n) is 19.3. The molecule has 0 atom stereocenters. The number of hydrogen-bond acceptors (Lipinski definition) is 14. The van der Waals surface area contributed by atoms with Gasteiger partial charge in [0.15, 0.2) is 0 Å². The number of sulfonamides is 4. The van der Waals surface area contributed by atoms with E-state index in [-0.39, 0.29) is 68.1 Å². The first-order valence-electron chi connectivity index (χ1n) is 8.99. The molecule has 0 aromatic carbocycles. The van der Waals surface area contributed by atoms with Gasteiger partial charge >= 0.3 is 6.15 Å². The van der Waals surface area contributed by atoms with Crippen LogP contribution in [0.15, 0.2) is 4.99 Å². The van der Waals surface area contributed by atoms with Gasteiger partial charge in [-0.2, -0.15) is 9.59 Å². The van der Waals surface area contributed by atoms with Crippen molar-refractivity contribution in [2.75, 3.05) is 55.9 Å². The van der Waals surface area contributed by atoms with Gasteiger partial charge in [0.1, 0.15) is 0 Å². The third kappa shape index (κ3) is 53.0. The normalized spacial score (nSPS) is 15.5. The molecule has 2 aliphatic heterocycles. The van der Waals surface area contributed by atoms with Crippen LogP contribution in [0, 0.1) is 0 Å². The molecule has 21 nitrogen and oxygen atoms in total. The van der Waals surface area contributed by atoms with Crippen molar-refractivity contribution < 1.29 is 59.0 Å². The fourth-order valence-corrected chi connectivity index (χ4v) is 3.68. The number of aliphatic imine (C=N–C) groups is 1. The summed E-state index contributed by atoms with van der Waals surface area (Å²) in [6.45, 7) is 1.49. The zero-order chi connectivity index (χ0) is 28.0. The largest absolute Gasteiger partial charge is 0.412 e. The quantitative estimate of drug-likeness (QED) is 0.103. The van der Waals surface area contributed by atoms with Gasteiger partial charge in [-0.1, -0.05) is 14.9 Å². The Bertz CT molecular complexity index is 1060. The maximum absolute atomic E-state index is 10.5. The van der Waals surface area contributed by atoms with Crippen LogP contribution in [-0.2, 0) is 54.5 Å². The van der Waals surface area contributed by atoms with E-state index in [0.29, 0.717) is 26.2 Å². The van der Waals surface area contributed by atoms with E-state index in [4.69, 9.17) is 15.3 Å². The number of carbonyl (C=O) groups excluding carboxylic acids is 3. The number of primary sulfonamides is 2. The van der Waals surface area contributed by atoms with E-state index in [1.807, 2.05) is 0 Å². The smallest absolute Gasteiger partial charge is 0.373 e. The lowest BCUT2D eigenvalue weighted by Gasteiger charge is -2.12. The maximum atomic E-state index is 10.5. The summed E-state index contributed by atoms with van der Waals surface area (Å²) in [4.78, 5) is 29.5. The summed E-state index contributed by atoms with van der Waals surface area (Å²) in [6.07, 6.45) is 1.88. The molecule has 0 bridgehead atoms. The molecular formula is C14H42N8O13S4. The van der Waals surface area contributed by atoms with E-state index in [1.165, 1.54) is 6.34 Å². The summed E-state index contributed by atoms with van der Waals surface area (Å²) in [5.74, 6) is -0.0325. The summed E-state index contributed by atoms with van der Waals surface area (Å²) in [5.41, 5.74) is 4.86. The van der Waals surface area contributed by atoms with Crippen LogP contribution < -0.4 is 36.1 Å². The Morgan fingerprint density at radius 1 is 0.949 bits per heavy atom. The van der Waals surface area contributed by atoms with Gasteiger partial charge in [-0.25, -0.2) is 48.7 Å². The van der Waals surface area contributed by atoms with Gasteiger partial charge in [-0.05, 0) is 0 Å². The second kappa shape index (κ2) is 28.8. The molecule has 0 aromatic rings. The van der Waals surface area contributed by atoms with Gasteiger partial charge < -0.3 is 27.3 Å². The molecule has 0 spiro atoms. The number of nitrogens with one attached hydrogen (secondary N) is 4. The molecule has 0 saturated carbocycles. The molecule has 2 rings (SSSR count). The molecule has 0 aliphatic carbocycles. The van der Waals surface area contributed by atoms with E-state index in [0.717, 1.165) is 0 Å². The minimum absolute atomic E-state index is 0. The standard InChI is InChI=1S/C3H8N2O3S.C3H8N2O2S.C3H6N2O2S.C2H8N2O2S.CO2.2CH4.2H2O/c4-9(7,8)2-1-5-3-6;2*6-8(7)2-1-4-3-5-8;3-1-2-7(4,5)6;2-1-3;;;;/h3H,1-2H2,(H,5,6)(H2,4,7,8);4-5H,1-3H2;3H,1-2H2,(H,4,5);1-3H2,(H2,4,5,6);;2*1H4;2*1H2. The van der Waals surface area contributed by atoms with Gasteiger partial charge in [0.05, 0.1) is 42.6 Å². The number of hydrogen-bond donors (Lipinski definition) is 7. The molecule has 39 heavy (non-hydrogen) atoms. The highest BCUT2D eigenvalue weighted by Crippen LogP contribution is 1.86.